The van der Waals surface area contributed by atoms with Crippen LogP contribution in [0.2, 0.25) is 0 Å². The number of amides is 1. The Morgan fingerprint density at radius 3 is 2.39 bits per heavy atom. The van der Waals surface area contributed by atoms with E-state index in [-0.39, 0.29) is 12.0 Å². The Kier molecular flexibility index (Phi) is 5.26. The van der Waals surface area contributed by atoms with Gasteiger partial charge in [-0.25, -0.2) is 0 Å². The van der Waals surface area contributed by atoms with Gasteiger partial charge in [0.25, 0.3) is 0 Å². The minimum Gasteiger partial charge on any atom is -0.489 e. The van der Waals surface area contributed by atoms with Gasteiger partial charge in [-0.1, -0.05) is 48.5 Å². The summed E-state index contributed by atoms with van der Waals surface area (Å²) in [4.78, 5) is 19.3. The molecule has 2 heterocycles. The summed E-state index contributed by atoms with van der Waals surface area (Å²) in [5.41, 5.74) is 6.51. The fraction of sp³-hybridized carbons (Fsp3) is 0.231. The van der Waals surface area contributed by atoms with Gasteiger partial charge < -0.3 is 14.4 Å². The molecule has 5 rings (SSSR count). The van der Waals surface area contributed by atoms with Gasteiger partial charge in [-0.05, 0) is 46.9 Å². The van der Waals surface area contributed by atoms with Gasteiger partial charge in [-0.3, -0.25) is 9.78 Å². The van der Waals surface area contributed by atoms with Gasteiger partial charge in [0.05, 0.1) is 19.3 Å². The fourth-order valence-corrected chi connectivity index (χ4v) is 4.17. The van der Waals surface area contributed by atoms with Gasteiger partial charge in [-0.15, -0.1) is 0 Å². The van der Waals surface area contributed by atoms with Crippen LogP contribution in [0.25, 0.3) is 16.7 Å². The number of hydrogen-bond acceptors (Lipinski definition) is 4. The minimum atomic E-state index is -0.166. The molecule has 2 aliphatic rings. The molecule has 1 aliphatic carbocycles. The highest BCUT2D eigenvalue weighted by molar-refractivity contribution is 6.08. The molecule has 31 heavy (non-hydrogen) atoms. The summed E-state index contributed by atoms with van der Waals surface area (Å²) in [6.07, 6.45) is 3.32. The van der Waals surface area contributed by atoms with E-state index in [0.29, 0.717) is 32.1 Å². The highest BCUT2D eigenvalue weighted by atomic mass is 16.5. The van der Waals surface area contributed by atoms with Crippen molar-refractivity contribution in [2.45, 2.75) is 13.0 Å². The predicted octanol–water partition coefficient (Wildman–Crippen LogP) is 4.11. The lowest BCUT2D eigenvalue weighted by Gasteiger charge is -2.32. The number of aryl methyl sites for hydroxylation is 1. The number of carbonyl (C=O) groups is 1. The molecule has 1 fully saturated rings. The molecule has 5 heteroatoms. The van der Waals surface area contributed by atoms with Crippen molar-refractivity contribution in [3.8, 4) is 16.9 Å². The summed E-state index contributed by atoms with van der Waals surface area (Å²) in [7, 11) is 0. The van der Waals surface area contributed by atoms with Crippen molar-refractivity contribution in [3.05, 3.63) is 89.8 Å². The van der Waals surface area contributed by atoms with E-state index in [4.69, 9.17) is 9.47 Å². The second-order valence-electron chi connectivity index (χ2n) is 7.87. The second-order valence-corrected chi connectivity index (χ2v) is 7.87. The van der Waals surface area contributed by atoms with E-state index in [1.165, 1.54) is 11.1 Å². The lowest BCUT2D eigenvalue weighted by Crippen LogP contribution is -2.47. The van der Waals surface area contributed by atoms with Crippen LogP contribution in [0.5, 0.6) is 5.75 Å². The van der Waals surface area contributed by atoms with Gasteiger partial charge in [0.1, 0.15) is 18.5 Å². The zero-order chi connectivity index (χ0) is 21.2. The van der Waals surface area contributed by atoms with Crippen LogP contribution in [0.4, 0.5) is 0 Å². The van der Waals surface area contributed by atoms with Gasteiger partial charge in [0.15, 0.2) is 0 Å². The Bertz CT molecular complexity index is 1090. The number of fused-ring (bicyclic) bond motifs is 3. The zero-order valence-electron chi connectivity index (χ0n) is 17.5. The van der Waals surface area contributed by atoms with Crippen LogP contribution < -0.4 is 4.74 Å². The number of aromatic nitrogens is 1. The molecule has 0 bridgehead atoms. The molecule has 0 radical (unpaired) electrons. The first kappa shape index (κ1) is 19.5. The zero-order valence-corrected chi connectivity index (χ0v) is 17.5. The van der Waals surface area contributed by atoms with Gasteiger partial charge in [0.2, 0.25) is 5.91 Å². The van der Waals surface area contributed by atoms with Crippen molar-refractivity contribution in [1.82, 2.24) is 9.88 Å². The van der Waals surface area contributed by atoms with Crippen LogP contribution in [0.15, 0.2) is 72.9 Å². The van der Waals surface area contributed by atoms with Gasteiger partial charge >= 0.3 is 0 Å². The third kappa shape index (κ3) is 3.97. The summed E-state index contributed by atoms with van der Waals surface area (Å²) in [5.74, 6) is 0.714. The van der Waals surface area contributed by atoms with Crippen molar-refractivity contribution < 1.29 is 14.3 Å². The first-order chi connectivity index (χ1) is 15.2. The Labute approximate surface area is 181 Å². The Balaban J connectivity index is 1.31. The normalized spacial score (nSPS) is 17.1. The molecule has 1 atom stereocenters. The maximum Gasteiger partial charge on any atom is 0.247 e. The number of pyridine rings is 1. The smallest absolute Gasteiger partial charge is 0.247 e. The first-order valence-electron chi connectivity index (χ1n) is 10.6. The quantitative estimate of drug-likeness (QED) is 0.474. The predicted molar refractivity (Wildman–Crippen MR) is 120 cm³/mol. The van der Waals surface area contributed by atoms with Crippen LogP contribution in [0.3, 0.4) is 0 Å². The summed E-state index contributed by atoms with van der Waals surface area (Å²) in [6.45, 7) is 3.91. The van der Waals surface area contributed by atoms with E-state index >= 15 is 0 Å². The standard InChI is InChI=1S/C26H24N2O3/c1-18-10-11-19(15-27-18)31-17-20-16-28(12-13-30-20)26(29)14-25-23-8-4-2-6-21(23)22-7-3-5-9-24(22)25/h2-11,14-15,20H,12-13,16-17H2,1H3. The van der Waals surface area contributed by atoms with Gasteiger partial charge in [0, 0.05) is 18.3 Å². The lowest BCUT2D eigenvalue weighted by molar-refractivity contribution is -0.134. The second kappa shape index (κ2) is 8.36. The topological polar surface area (TPSA) is 51.7 Å². The third-order valence-corrected chi connectivity index (χ3v) is 5.76. The number of morpholine rings is 1. The van der Waals surface area contributed by atoms with E-state index in [9.17, 15) is 4.79 Å². The molecule has 0 spiro atoms. The number of nitrogens with zero attached hydrogens (tertiary/aromatic N) is 2. The lowest BCUT2D eigenvalue weighted by atomic mass is 10.0. The molecule has 0 saturated carbocycles. The number of hydrogen-bond donors (Lipinski definition) is 0. The summed E-state index contributed by atoms with van der Waals surface area (Å²) >= 11 is 0. The summed E-state index contributed by atoms with van der Waals surface area (Å²) in [5, 5.41) is 0. The maximum atomic E-state index is 13.2. The molecule has 0 N–H and O–H groups in total. The maximum absolute atomic E-state index is 13.2. The van der Waals surface area contributed by atoms with E-state index in [1.807, 2.05) is 48.2 Å². The largest absolute Gasteiger partial charge is 0.489 e. The molecule has 156 valence electrons. The summed E-state index contributed by atoms with van der Waals surface area (Å²) < 4.78 is 11.6. The minimum absolute atomic E-state index is 0.00630. The molecular weight excluding hydrogens is 388 g/mol. The molecular formula is C26H24N2O3. The third-order valence-electron chi connectivity index (χ3n) is 5.76. The Morgan fingerprint density at radius 2 is 1.74 bits per heavy atom. The average molecular weight is 412 g/mol. The molecule has 1 aliphatic heterocycles. The van der Waals surface area contributed by atoms with E-state index in [0.717, 1.165) is 22.4 Å². The highest BCUT2D eigenvalue weighted by Crippen LogP contribution is 2.43. The highest BCUT2D eigenvalue weighted by Gasteiger charge is 2.27. The van der Waals surface area contributed by atoms with Crippen LogP contribution in [-0.2, 0) is 9.53 Å². The van der Waals surface area contributed by atoms with Crippen LogP contribution in [0.1, 0.15) is 16.8 Å². The monoisotopic (exact) mass is 412 g/mol. The Hall–Kier alpha value is -3.44. The van der Waals surface area contributed by atoms with Crippen molar-refractivity contribution >= 4 is 11.5 Å². The first-order valence-corrected chi connectivity index (χ1v) is 10.6. The molecule has 5 nitrogen and oxygen atoms in total. The average Bonchev–Trinajstić information content (AvgIpc) is 3.13. The SMILES string of the molecule is Cc1ccc(OCC2CN(C(=O)C=C3c4ccccc4-c4ccccc43)CCO2)cn1. The molecule has 3 aromatic rings. The molecule has 1 saturated heterocycles. The van der Waals surface area contributed by atoms with Crippen LogP contribution in [-0.4, -0.2) is 48.2 Å². The van der Waals surface area contributed by atoms with Crippen LogP contribution in [0, 0.1) is 6.92 Å². The van der Waals surface area contributed by atoms with Crippen molar-refractivity contribution in [1.29, 1.82) is 0 Å². The fourth-order valence-electron chi connectivity index (χ4n) is 4.17. The number of carbonyl (C=O) groups excluding carboxylic acids is 1. The van der Waals surface area contributed by atoms with E-state index in [1.54, 1.807) is 12.3 Å². The Morgan fingerprint density at radius 1 is 1.06 bits per heavy atom. The van der Waals surface area contributed by atoms with E-state index < -0.39 is 0 Å². The van der Waals surface area contributed by atoms with Crippen molar-refractivity contribution in [2.24, 2.45) is 0 Å². The molecule has 1 unspecified atom stereocenters. The van der Waals surface area contributed by atoms with Crippen molar-refractivity contribution in [2.75, 3.05) is 26.3 Å². The number of rotatable bonds is 4. The van der Waals surface area contributed by atoms with E-state index in [2.05, 4.69) is 29.2 Å². The number of ether oxygens (including phenoxy) is 2. The van der Waals surface area contributed by atoms with Crippen molar-refractivity contribution in [3.63, 3.8) is 0 Å². The van der Waals surface area contributed by atoms with Gasteiger partial charge in [-0.2, -0.15) is 0 Å². The molecule has 2 aromatic carbocycles. The number of benzene rings is 2. The molecule has 1 aromatic heterocycles. The summed E-state index contributed by atoms with van der Waals surface area (Å²) in [6, 6.07) is 20.3. The van der Waals surface area contributed by atoms with Crippen LogP contribution >= 0.6 is 0 Å². The molecule has 1 amide bonds.